The van der Waals surface area contributed by atoms with Crippen molar-refractivity contribution in [2.45, 2.75) is 64.4 Å². The van der Waals surface area contributed by atoms with E-state index in [1.807, 2.05) is 0 Å². The third-order valence-corrected chi connectivity index (χ3v) is 6.81. The van der Waals surface area contributed by atoms with E-state index in [2.05, 4.69) is 50.9 Å². The highest BCUT2D eigenvalue weighted by Crippen LogP contribution is 2.62. The number of hydrogen-bond acceptors (Lipinski definition) is 1. The Morgan fingerprint density at radius 1 is 1.45 bits per heavy atom. The topological polar surface area (TPSA) is 20.2 Å². The van der Waals surface area contributed by atoms with Crippen molar-refractivity contribution in [1.29, 1.82) is 0 Å². The molecule has 0 aromatic carbocycles. The van der Waals surface area contributed by atoms with Crippen molar-refractivity contribution in [3.05, 3.63) is 36.5 Å². The summed E-state index contributed by atoms with van der Waals surface area (Å²) in [6, 6.07) is 1.23. The van der Waals surface area contributed by atoms with Gasteiger partial charge in [0.15, 0.2) is 0 Å². The molecule has 20 heavy (non-hydrogen) atoms. The summed E-state index contributed by atoms with van der Waals surface area (Å²) in [4.78, 5) is 0. The molecule has 0 saturated heterocycles. The first-order valence-electron chi connectivity index (χ1n) is 7.77. The molecule has 110 valence electrons. The second kappa shape index (κ2) is 5.30. The van der Waals surface area contributed by atoms with Gasteiger partial charge in [-0.3, -0.25) is 0 Å². The van der Waals surface area contributed by atoms with Gasteiger partial charge in [-0.15, -0.1) is 0 Å². The lowest BCUT2D eigenvalue weighted by Gasteiger charge is -2.47. The highest BCUT2D eigenvalue weighted by Gasteiger charge is 2.56. The number of hydrogen-bond donors (Lipinski definition) is 1. The van der Waals surface area contributed by atoms with E-state index in [4.69, 9.17) is 6.58 Å². The molecular weight excluding hydrogens is 260 g/mol. The average molecular weight is 289 g/mol. The molecule has 0 amide bonds. The van der Waals surface area contributed by atoms with Gasteiger partial charge in [0.1, 0.15) is 0 Å². The van der Waals surface area contributed by atoms with Crippen LogP contribution in [0.3, 0.4) is 0 Å². The minimum atomic E-state index is -1.07. The minimum absolute atomic E-state index is 0.0488. The van der Waals surface area contributed by atoms with E-state index in [1.165, 1.54) is 6.04 Å². The maximum Gasteiger partial charge on any atom is 0.0892 e. The molecule has 1 fully saturated rings. The number of aliphatic hydroxyl groups is 1. The maximum atomic E-state index is 10.4. The summed E-state index contributed by atoms with van der Waals surface area (Å²) in [5.74, 6) is 0. The van der Waals surface area contributed by atoms with Crippen molar-refractivity contribution in [1.82, 2.24) is 0 Å². The summed E-state index contributed by atoms with van der Waals surface area (Å²) in [6.07, 6.45) is 13.1. The van der Waals surface area contributed by atoms with Crippen LogP contribution >= 0.6 is 0 Å². The zero-order valence-corrected chi connectivity index (χ0v) is 14.4. The lowest BCUT2D eigenvalue weighted by molar-refractivity contribution is 0.0155. The molecule has 1 saturated carbocycles. The summed E-state index contributed by atoms with van der Waals surface area (Å²) in [6.45, 7) is 15.1. The normalized spacial score (nSPS) is 37.0. The summed E-state index contributed by atoms with van der Waals surface area (Å²) < 4.78 is 0. The van der Waals surface area contributed by atoms with Gasteiger partial charge in [0.25, 0.3) is 0 Å². The van der Waals surface area contributed by atoms with Crippen LogP contribution in [0.5, 0.6) is 0 Å². The van der Waals surface area contributed by atoms with Crippen molar-refractivity contribution in [2.24, 2.45) is 10.8 Å². The summed E-state index contributed by atoms with van der Waals surface area (Å²) in [5.41, 5.74) is 1.36. The van der Waals surface area contributed by atoms with Crippen molar-refractivity contribution in [3.63, 3.8) is 0 Å². The third kappa shape index (κ3) is 2.48. The second-order valence-corrected chi connectivity index (χ2v) is 13.4. The van der Waals surface area contributed by atoms with Crippen LogP contribution < -0.4 is 0 Å². The van der Waals surface area contributed by atoms with Crippen LogP contribution in [0.15, 0.2) is 23.8 Å². The van der Waals surface area contributed by atoms with Crippen LogP contribution in [-0.2, 0) is 0 Å². The molecule has 2 aliphatic rings. The number of fused-ring (bicyclic) bond motifs is 1. The Hall–Kier alpha value is -0.603. The monoisotopic (exact) mass is 288 g/mol. The molecule has 0 bridgehead atoms. The first kappa shape index (κ1) is 15.8. The molecule has 3 atom stereocenters. The fourth-order valence-electron chi connectivity index (χ4n) is 3.95. The van der Waals surface area contributed by atoms with Crippen LogP contribution in [0.25, 0.3) is 0 Å². The van der Waals surface area contributed by atoms with Gasteiger partial charge in [-0.1, -0.05) is 56.9 Å². The molecule has 2 rings (SSSR count). The lowest BCUT2D eigenvalue weighted by atomic mass is 9.58. The first-order chi connectivity index (χ1) is 9.25. The summed E-state index contributed by atoms with van der Waals surface area (Å²) in [7, 11) is -1.07. The van der Waals surface area contributed by atoms with E-state index in [9.17, 15) is 5.11 Å². The van der Waals surface area contributed by atoms with Crippen molar-refractivity contribution >= 4 is 8.07 Å². The van der Waals surface area contributed by atoms with Crippen LogP contribution in [0.4, 0.5) is 0 Å². The van der Waals surface area contributed by atoms with Crippen molar-refractivity contribution in [2.75, 3.05) is 0 Å². The molecule has 0 spiro atoms. The Kier molecular flexibility index (Phi) is 4.19. The molecule has 0 aliphatic heterocycles. The van der Waals surface area contributed by atoms with E-state index >= 15 is 0 Å². The summed E-state index contributed by atoms with van der Waals surface area (Å²) >= 11 is 0. The predicted octanol–water partition coefficient (Wildman–Crippen LogP) is 4.54. The molecule has 2 aliphatic carbocycles. The predicted molar refractivity (Wildman–Crippen MR) is 87.9 cm³/mol. The van der Waals surface area contributed by atoms with E-state index < -0.39 is 14.2 Å². The van der Waals surface area contributed by atoms with Gasteiger partial charge < -0.3 is 5.11 Å². The van der Waals surface area contributed by atoms with Crippen molar-refractivity contribution in [3.8, 4) is 0 Å². The minimum Gasteiger partial charge on any atom is -0.387 e. The Morgan fingerprint density at radius 2 is 2.15 bits per heavy atom. The van der Waals surface area contributed by atoms with Gasteiger partial charge in [-0.2, -0.15) is 0 Å². The molecule has 0 unspecified atom stereocenters. The van der Waals surface area contributed by atoms with E-state index in [-0.39, 0.29) is 10.8 Å². The number of allylic oxidation sites excluding steroid dienone is 3. The van der Waals surface area contributed by atoms with E-state index in [0.717, 1.165) is 25.7 Å². The molecular formula is C18H28OSi. The molecule has 2 heteroatoms. The molecule has 0 aromatic rings. The molecule has 2 radical (unpaired) electrons. The molecule has 0 aromatic heterocycles. The van der Waals surface area contributed by atoms with Crippen molar-refractivity contribution < 1.29 is 5.11 Å². The zero-order valence-electron chi connectivity index (χ0n) is 13.4. The van der Waals surface area contributed by atoms with Gasteiger partial charge in [0.05, 0.1) is 6.10 Å². The SMILES string of the molecule is [CH]=[C][C@H](O)[C@@]12C=CCC[C@@]1(C)/C(=C/C[Si](C)(C)C)CC2. The van der Waals surface area contributed by atoms with Crippen LogP contribution in [0, 0.1) is 23.5 Å². The lowest BCUT2D eigenvalue weighted by Crippen LogP contribution is -2.45. The number of rotatable bonds is 4. The Labute approximate surface area is 125 Å². The highest BCUT2D eigenvalue weighted by atomic mass is 28.3. The van der Waals surface area contributed by atoms with Gasteiger partial charge in [0, 0.05) is 18.9 Å². The molecule has 0 heterocycles. The molecule has 1 N–H and O–H groups in total. The van der Waals surface area contributed by atoms with Gasteiger partial charge in [-0.05, 0) is 37.8 Å². The van der Waals surface area contributed by atoms with Crippen LogP contribution in [0.1, 0.15) is 32.6 Å². The Morgan fingerprint density at radius 3 is 2.75 bits per heavy atom. The van der Waals surface area contributed by atoms with E-state index in [1.54, 1.807) is 5.57 Å². The fraction of sp³-hybridized carbons (Fsp3) is 0.667. The fourth-order valence-corrected chi connectivity index (χ4v) is 4.81. The van der Waals surface area contributed by atoms with Crippen LogP contribution in [0.2, 0.25) is 25.7 Å². The number of aliphatic hydroxyl groups excluding tert-OH is 1. The second-order valence-electron chi connectivity index (χ2n) is 7.88. The molecule has 1 nitrogen and oxygen atoms in total. The Bertz CT molecular complexity index is 443. The van der Waals surface area contributed by atoms with Gasteiger partial charge in [-0.25, -0.2) is 0 Å². The highest BCUT2D eigenvalue weighted by molar-refractivity contribution is 6.76. The third-order valence-electron chi connectivity index (χ3n) is 5.38. The zero-order chi connectivity index (χ0) is 15.0. The van der Waals surface area contributed by atoms with Gasteiger partial charge in [0.2, 0.25) is 0 Å². The van der Waals surface area contributed by atoms with Gasteiger partial charge >= 0.3 is 0 Å². The van der Waals surface area contributed by atoms with E-state index in [0.29, 0.717) is 0 Å². The largest absolute Gasteiger partial charge is 0.387 e. The maximum absolute atomic E-state index is 10.4. The Balaban J connectivity index is 2.38. The quantitative estimate of drug-likeness (QED) is 0.595. The summed E-state index contributed by atoms with van der Waals surface area (Å²) in [5, 5.41) is 10.4. The van der Waals surface area contributed by atoms with Crippen LogP contribution in [-0.4, -0.2) is 19.3 Å². The first-order valence-corrected chi connectivity index (χ1v) is 11.5. The smallest absolute Gasteiger partial charge is 0.0892 e. The average Bonchev–Trinajstić information content (AvgIpc) is 2.68. The standard InChI is InChI=1S/C18H28OSi/c1-6-16(19)18-12-8-7-11-17(18,2)15(9-13-18)10-14-20(3,4)5/h1,8,10,12,16,19H,7,9,11,13-14H2,2-5H3/b6-1?,15-10+/t16-,17-,18-/m0/s1.